The number of rotatable bonds is 7. The lowest BCUT2D eigenvalue weighted by molar-refractivity contribution is -0.385. The lowest BCUT2D eigenvalue weighted by Gasteiger charge is -2.11. The molecule has 0 spiro atoms. The molecule has 0 fully saturated rings. The first-order valence-corrected chi connectivity index (χ1v) is 6.24. The number of hydrogen-bond donors (Lipinski definition) is 2. The van der Waals surface area contributed by atoms with Gasteiger partial charge >= 0.3 is 11.7 Å². The molecule has 0 aliphatic heterocycles. The fourth-order valence-corrected chi connectivity index (χ4v) is 1.69. The minimum atomic E-state index is -0.987. The van der Waals surface area contributed by atoms with Crippen LogP contribution < -0.4 is 10.1 Å². The maximum absolute atomic E-state index is 11.9. The van der Waals surface area contributed by atoms with Crippen molar-refractivity contribution >= 4 is 17.6 Å². The molecule has 0 bridgehead atoms. The van der Waals surface area contributed by atoms with Crippen LogP contribution in [0.2, 0.25) is 0 Å². The van der Waals surface area contributed by atoms with E-state index in [1.807, 2.05) is 0 Å². The first-order valence-electron chi connectivity index (χ1n) is 6.24. The molecule has 0 saturated heterocycles. The number of ether oxygens (including phenoxy) is 1. The van der Waals surface area contributed by atoms with Gasteiger partial charge in [-0.1, -0.05) is 6.92 Å². The highest BCUT2D eigenvalue weighted by Crippen LogP contribution is 2.27. The molecular formula is C13H16N2O6. The molecular weight excluding hydrogens is 280 g/mol. The van der Waals surface area contributed by atoms with Gasteiger partial charge in [0.15, 0.2) is 5.75 Å². The summed E-state index contributed by atoms with van der Waals surface area (Å²) in [6, 6.07) is 3.70. The normalized spacial score (nSPS) is 11.5. The number of nitrogens with one attached hydrogen (secondary N) is 1. The van der Waals surface area contributed by atoms with Gasteiger partial charge in [0.2, 0.25) is 0 Å². The third-order valence-electron chi connectivity index (χ3n) is 2.99. The van der Waals surface area contributed by atoms with E-state index in [9.17, 15) is 19.7 Å². The summed E-state index contributed by atoms with van der Waals surface area (Å²) in [6.07, 6.45) is 0.388. The highest BCUT2D eigenvalue weighted by molar-refractivity contribution is 5.95. The van der Waals surface area contributed by atoms with Crippen LogP contribution in [-0.4, -0.2) is 35.6 Å². The summed E-state index contributed by atoms with van der Waals surface area (Å²) in [6.45, 7) is 1.70. The molecule has 0 radical (unpaired) electrons. The van der Waals surface area contributed by atoms with Crippen molar-refractivity contribution in [2.75, 3.05) is 13.7 Å². The summed E-state index contributed by atoms with van der Waals surface area (Å²) in [4.78, 5) is 32.9. The van der Waals surface area contributed by atoms with Crippen LogP contribution in [0.15, 0.2) is 18.2 Å². The quantitative estimate of drug-likeness (QED) is 0.580. The molecule has 2 N–H and O–H groups in total. The number of carboxylic acids is 1. The number of amides is 1. The number of carboxylic acid groups (broad SMARTS) is 1. The van der Waals surface area contributed by atoms with Crippen molar-refractivity contribution in [1.82, 2.24) is 5.32 Å². The molecule has 1 aromatic rings. The molecule has 0 aromatic heterocycles. The van der Waals surface area contributed by atoms with Gasteiger partial charge in [0.1, 0.15) is 0 Å². The molecule has 114 valence electrons. The molecule has 1 rings (SSSR count). The fraction of sp³-hybridized carbons (Fsp3) is 0.385. The van der Waals surface area contributed by atoms with Crippen molar-refractivity contribution in [2.45, 2.75) is 13.3 Å². The number of methoxy groups -OCH3 is 1. The standard InChI is InChI=1S/C13H16N2O6/c1-3-8(13(17)18)7-14-12(16)9-4-5-10(15(19)20)11(6-9)21-2/h4-6,8H,3,7H2,1-2H3,(H,14,16)(H,17,18). The van der Waals surface area contributed by atoms with Crippen molar-refractivity contribution < 1.29 is 24.4 Å². The second-order valence-corrected chi connectivity index (χ2v) is 4.30. The molecule has 1 unspecified atom stereocenters. The monoisotopic (exact) mass is 296 g/mol. The number of carbonyl (C=O) groups is 2. The van der Waals surface area contributed by atoms with E-state index in [0.29, 0.717) is 6.42 Å². The summed E-state index contributed by atoms with van der Waals surface area (Å²) in [5, 5.41) is 22.1. The van der Waals surface area contributed by atoms with Crippen LogP contribution in [0, 0.1) is 16.0 Å². The Labute approximate surface area is 120 Å². The molecule has 1 atom stereocenters. The van der Waals surface area contributed by atoms with Crippen LogP contribution in [-0.2, 0) is 4.79 Å². The van der Waals surface area contributed by atoms with E-state index >= 15 is 0 Å². The Morgan fingerprint density at radius 3 is 2.62 bits per heavy atom. The van der Waals surface area contributed by atoms with Crippen LogP contribution >= 0.6 is 0 Å². The predicted molar refractivity (Wildman–Crippen MR) is 73.4 cm³/mol. The summed E-state index contributed by atoms with van der Waals surface area (Å²) in [7, 11) is 1.27. The second-order valence-electron chi connectivity index (χ2n) is 4.30. The largest absolute Gasteiger partial charge is 0.490 e. The van der Waals surface area contributed by atoms with Gasteiger partial charge in [-0.15, -0.1) is 0 Å². The molecule has 1 aromatic carbocycles. The van der Waals surface area contributed by atoms with Crippen LogP contribution in [0.1, 0.15) is 23.7 Å². The van der Waals surface area contributed by atoms with Crippen molar-refractivity contribution in [3.05, 3.63) is 33.9 Å². The Kier molecular flexibility index (Phi) is 5.65. The third-order valence-corrected chi connectivity index (χ3v) is 2.99. The van der Waals surface area contributed by atoms with E-state index < -0.39 is 22.7 Å². The number of benzene rings is 1. The van der Waals surface area contributed by atoms with Gasteiger partial charge in [0, 0.05) is 24.2 Å². The zero-order valence-electron chi connectivity index (χ0n) is 11.7. The van der Waals surface area contributed by atoms with Crippen molar-refractivity contribution in [3.63, 3.8) is 0 Å². The Morgan fingerprint density at radius 1 is 1.48 bits per heavy atom. The molecule has 21 heavy (non-hydrogen) atoms. The summed E-state index contributed by atoms with van der Waals surface area (Å²) >= 11 is 0. The zero-order chi connectivity index (χ0) is 16.0. The van der Waals surface area contributed by atoms with Gasteiger partial charge in [-0.3, -0.25) is 19.7 Å². The van der Waals surface area contributed by atoms with Crippen LogP contribution in [0.5, 0.6) is 5.75 Å². The second kappa shape index (κ2) is 7.22. The number of nitro benzene ring substituents is 1. The molecule has 0 aliphatic rings. The van der Waals surface area contributed by atoms with Gasteiger partial charge in [-0.25, -0.2) is 0 Å². The lowest BCUT2D eigenvalue weighted by Crippen LogP contribution is -2.32. The molecule has 8 heteroatoms. The molecule has 1 amide bonds. The average Bonchev–Trinajstić information content (AvgIpc) is 2.46. The van der Waals surface area contributed by atoms with E-state index in [4.69, 9.17) is 9.84 Å². The number of nitro groups is 1. The summed E-state index contributed by atoms with van der Waals surface area (Å²) in [5.41, 5.74) is -0.0799. The van der Waals surface area contributed by atoms with Crippen LogP contribution in [0.3, 0.4) is 0 Å². The van der Waals surface area contributed by atoms with Gasteiger partial charge < -0.3 is 15.2 Å². The van der Waals surface area contributed by atoms with E-state index in [1.54, 1.807) is 6.92 Å². The average molecular weight is 296 g/mol. The minimum Gasteiger partial charge on any atom is -0.490 e. The fourth-order valence-electron chi connectivity index (χ4n) is 1.69. The highest BCUT2D eigenvalue weighted by atomic mass is 16.6. The number of nitrogens with zero attached hydrogens (tertiary/aromatic N) is 1. The molecule has 0 saturated carbocycles. The number of aliphatic carboxylic acids is 1. The summed E-state index contributed by atoms with van der Waals surface area (Å²) < 4.78 is 4.87. The Hall–Kier alpha value is -2.64. The topological polar surface area (TPSA) is 119 Å². The maximum atomic E-state index is 11.9. The number of hydrogen-bond acceptors (Lipinski definition) is 5. The minimum absolute atomic E-state index is 0.00995. The van der Waals surface area contributed by atoms with Gasteiger partial charge in [0.25, 0.3) is 5.91 Å². The molecule has 0 aliphatic carbocycles. The smallest absolute Gasteiger partial charge is 0.310 e. The molecule has 0 heterocycles. The number of carbonyl (C=O) groups excluding carboxylic acids is 1. The van der Waals surface area contributed by atoms with E-state index in [2.05, 4.69) is 5.32 Å². The van der Waals surface area contributed by atoms with E-state index in [1.165, 1.54) is 25.3 Å². The van der Waals surface area contributed by atoms with Crippen LogP contribution in [0.4, 0.5) is 5.69 Å². The van der Waals surface area contributed by atoms with Crippen molar-refractivity contribution in [2.24, 2.45) is 5.92 Å². The zero-order valence-corrected chi connectivity index (χ0v) is 11.7. The van der Waals surface area contributed by atoms with Crippen molar-refractivity contribution in [3.8, 4) is 5.75 Å². The Morgan fingerprint density at radius 2 is 2.14 bits per heavy atom. The predicted octanol–water partition coefficient (Wildman–Crippen LogP) is 1.44. The maximum Gasteiger partial charge on any atom is 0.310 e. The Balaban J connectivity index is 2.84. The first-order chi connectivity index (χ1) is 9.90. The van der Waals surface area contributed by atoms with Gasteiger partial charge in [0.05, 0.1) is 18.0 Å². The SMILES string of the molecule is CCC(CNC(=O)c1ccc([N+](=O)[O-])c(OC)c1)C(=O)O. The Bertz CT molecular complexity index is 558. The first kappa shape index (κ1) is 16.4. The van der Waals surface area contributed by atoms with Gasteiger partial charge in [-0.05, 0) is 12.5 Å². The highest BCUT2D eigenvalue weighted by Gasteiger charge is 2.19. The van der Waals surface area contributed by atoms with Crippen molar-refractivity contribution in [1.29, 1.82) is 0 Å². The van der Waals surface area contributed by atoms with E-state index in [0.717, 1.165) is 0 Å². The lowest BCUT2D eigenvalue weighted by atomic mass is 10.1. The molecule has 8 nitrogen and oxygen atoms in total. The van der Waals surface area contributed by atoms with E-state index in [-0.39, 0.29) is 23.5 Å². The van der Waals surface area contributed by atoms with Crippen LogP contribution in [0.25, 0.3) is 0 Å². The van der Waals surface area contributed by atoms with Gasteiger partial charge in [-0.2, -0.15) is 0 Å². The summed E-state index contributed by atoms with van der Waals surface area (Å²) in [5.74, 6) is -2.20. The third kappa shape index (κ3) is 4.16.